The van der Waals surface area contributed by atoms with E-state index >= 15 is 0 Å². The number of nitrogens with two attached hydrogens (primary N) is 1. The highest BCUT2D eigenvalue weighted by atomic mass is 35.5. The molecule has 1 aliphatic heterocycles. The van der Waals surface area contributed by atoms with Crippen LogP contribution in [0.15, 0.2) is 18.2 Å². The Morgan fingerprint density at radius 1 is 1.15 bits per heavy atom. The number of aromatic nitrogens is 4. The van der Waals surface area contributed by atoms with Gasteiger partial charge in [-0.25, -0.2) is 15.2 Å². The van der Waals surface area contributed by atoms with Gasteiger partial charge in [-0.15, -0.1) is 0 Å². The van der Waals surface area contributed by atoms with Gasteiger partial charge < -0.3 is 9.47 Å². The Balaban J connectivity index is 1.69. The van der Waals surface area contributed by atoms with E-state index in [1.165, 1.54) is 6.07 Å². The summed E-state index contributed by atoms with van der Waals surface area (Å²) in [5.41, 5.74) is 5.14. The lowest BCUT2D eigenvalue weighted by molar-refractivity contribution is 0.0821. The van der Waals surface area contributed by atoms with Crippen molar-refractivity contribution in [2.75, 3.05) is 23.4 Å². The quantitative estimate of drug-likeness (QED) is 0.426. The smallest absolute Gasteiger partial charge is 0.241 e. The molecule has 0 radical (unpaired) electrons. The Kier molecular flexibility index (Phi) is 6.48. The largest absolute Gasteiger partial charge is 0.349 e. The van der Waals surface area contributed by atoms with Gasteiger partial charge in [-0.1, -0.05) is 31.5 Å². The lowest BCUT2D eigenvalue weighted by atomic mass is 9.91. The van der Waals surface area contributed by atoms with Crippen LogP contribution >= 0.6 is 11.6 Å². The molecule has 1 aliphatic rings. The number of nitrogens with one attached hydrogen (secondary N) is 1. The highest BCUT2D eigenvalue weighted by molar-refractivity contribution is 6.30. The van der Waals surface area contributed by atoms with Crippen molar-refractivity contribution in [2.45, 2.75) is 52.7 Å². The van der Waals surface area contributed by atoms with Crippen LogP contribution in [0, 0.1) is 18.7 Å². The molecule has 1 saturated heterocycles. The number of rotatable bonds is 5. The predicted octanol–water partition coefficient (Wildman–Crippen LogP) is 4.05. The fourth-order valence-corrected chi connectivity index (χ4v) is 5.10. The van der Waals surface area contributed by atoms with Crippen LogP contribution in [0.2, 0.25) is 5.02 Å². The molecule has 0 saturated carbocycles. The van der Waals surface area contributed by atoms with Crippen LogP contribution in [0.4, 0.5) is 16.2 Å². The minimum atomic E-state index is -0.392. The first-order chi connectivity index (χ1) is 15.6. The van der Waals surface area contributed by atoms with Crippen molar-refractivity contribution in [1.29, 1.82) is 0 Å². The van der Waals surface area contributed by atoms with Gasteiger partial charge >= 0.3 is 0 Å². The molecule has 0 bridgehead atoms. The number of aryl methyl sites for hydroxylation is 2. The molecule has 0 aliphatic carbocycles. The molecule has 8 nitrogen and oxygen atoms in total. The van der Waals surface area contributed by atoms with Crippen LogP contribution in [0.3, 0.4) is 0 Å². The zero-order valence-electron chi connectivity index (χ0n) is 20.0. The Hall–Kier alpha value is -2.49. The monoisotopic (exact) mass is 474 g/mol. The van der Waals surface area contributed by atoms with Crippen molar-refractivity contribution in [3.05, 3.63) is 40.4 Å². The summed E-state index contributed by atoms with van der Waals surface area (Å²) in [6.45, 7) is 12.3. The molecule has 1 fully saturated rings. The average Bonchev–Trinajstić information content (AvgIpc) is 3.06. The van der Waals surface area contributed by atoms with Gasteiger partial charge in [0.1, 0.15) is 11.6 Å². The standard InChI is InChI=1S/C23H32ClFN8/c1-12(2)20(16-7-8-18(25)17(24)9-16)32-10-14(4)33(11-13(32)3)22-19-21(28-23(29-22)30-26)31(6)15(5)27-19/h7-9,12-14,20H,10-11,26H2,1-6H3,(H,28,29,30)/t13-,14?,20?/m1/s1. The number of hydrogen-bond donors (Lipinski definition) is 2. The second-order valence-corrected chi connectivity index (χ2v) is 9.72. The minimum Gasteiger partial charge on any atom is -0.349 e. The molecule has 3 N–H and O–H groups in total. The molecule has 10 heteroatoms. The van der Waals surface area contributed by atoms with Crippen LogP contribution in [0.5, 0.6) is 0 Å². The van der Waals surface area contributed by atoms with Crippen LogP contribution in [0.25, 0.3) is 11.2 Å². The van der Waals surface area contributed by atoms with Crippen LogP contribution in [0.1, 0.15) is 45.1 Å². The van der Waals surface area contributed by atoms with Gasteiger partial charge in [0.15, 0.2) is 17.0 Å². The molecule has 178 valence electrons. The van der Waals surface area contributed by atoms with E-state index in [0.717, 1.165) is 41.5 Å². The lowest BCUT2D eigenvalue weighted by Gasteiger charge is -2.49. The number of hydrazine groups is 1. The highest BCUT2D eigenvalue weighted by Gasteiger charge is 2.37. The van der Waals surface area contributed by atoms with Gasteiger partial charge in [0, 0.05) is 38.3 Å². The topological polar surface area (TPSA) is 88.1 Å². The number of hydrogen-bond acceptors (Lipinski definition) is 7. The molecular weight excluding hydrogens is 443 g/mol. The Morgan fingerprint density at radius 2 is 1.88 bits per heavy atom. The number of imidazole rings is 1. The molecule has 2 unspecified atom stereocenters. The lowest BCUT2D eigenvalue weighted by Crippen LogP contribution is -2.58. The van der Waals surface area contributed by atoms with Gasteiger partial charge in [0.25, 0.3) is 0 Å². The van der Waals surface area contributed by atoms with Gasteiger partial charge in [0.2, 0.25) is 5.95 Å². The summed E-state index contributed by atoms with van der Waals surface area (Å²) in [6.07, 6.45) is 0. The Labute approximate surface area is 198 Å². The third kappa shape index (κ3) is 4.25. The number of nitrogens with zero attached hydrogens (tertiary/aromatic N) is 6. The van der Waals surface area contributed by atoms with Gasteiger partial charge in [-0.05, 0) is 44.4 Å². The van der Waals surface area contributed by atoms with Crippen molar-refractivity contribution in [1.82, 2.24) is 24.4 Å². The number of fused-ring (bicyclic) bond motifs is 1. The molecule has 3 atom stereocenters. The minimum absolute atomic E-state index is 0.117. The van der Waals surface area contributed by atoms with E-state index < -0.39 is 5.82 Å². The fourth-order valence-electron chi connectivity index (χ4n) is 4.91. The van der Waals surface area contributed by atoms with Crippen molar-refractivity contribution < 1.29 is 4.39 Å². The van der Waals surface area contributed by atoms with Gasteiger partial charge in [0.05, 0.1) is 5.02 Å². The highest BCUT2D eigenvalue weighted by Crippen LogP contribution is 2.36. The fraction of sp³-hybridized carbons (Fsp3) is 0.522. The normalized spacial score (nSPS) is 20.6. The van der Waals surface area contributed by atoms with E-state index in [1.54, 1.807) is 6.07 Å². The van der Waals surface area contributed by atoms with Crippen molar-refractivity contribution in [3.63, 3.8) is 0 Å². The second kappa shape index (κ2) is 9.04. The van der Waals surface area contributed by atoms with Crippen LogP contribution in [-0.4, -0.2) is 49.6 Å². The third-order valence-electron chi connectivity index (χ3n) is 6.63. The number of nitrogen functional groups attached to an aromatic ring is 1. The Morgan fingerprint density at radius 3 is 2.52 bits per heavy atom. The molecule has 0 spiro atoms. The first-order valence-corrected chi connectivity index (χ1v) is 11.6. The second-order valence-electron chi connectivity index (χ2n) is 9.32. The zero-order valence-corrected chi connectivity index (χ0v) is 20.7. The molecule has 4 rings (SSSR count). The van der Waals surface area contributed by atoms with Crippen LogP contribution in [-0.2, 0) is 7.05 Å². The summed E-state index contributed by atoms with van der Waals surface area (Å²) in [6, 6.07) is 5.55. The number of piperazine rings is 1. The number of halogens is 2. The molecule has 3 heterocycles. The van der Waals surface area contributed by atoms with E-state index in [1.807, 2.05) is 24.6 Å². The summed E-state index contributed by atoms with van der Waals surface area (Å²) in [5.74, 6) is 7.61. The van der Waals surface area contributed by atoms with Gasteiger partial charge in [-0.2, -0.15) is 9.97 Å². The van der Waals surface area contributed by atoms with Gasteiger partial charge in [-0.3, -0.25) is 10.3 Å². The summed E-state index contributed by atoms with van der Waals surface area (Å²) in [5, 5.41) is 0.160. The maximum absolute atomic E-state index is 13.8. The van der Waals surface area contributed by atoms with Crippen LogP contribution < -0.4 is 16.2 Å². The van der Waals surface area contributed by atoms with Crippen molar-refractivity contribution in [3.8, 4) is 0 Å². The summed E-state index contributed by atoms with van der Waals surface area (Å²) in [7, 11) is 1.94. The van der Waals surface area contributed by atoms with E-state index in [4.69, 9.17) is 27.4 Å². The number of benzene rings is 1. The first-order valence-electron chi connectivity index (χ1n) is 11.3. The summed E-state index contributed by atoms with van der Waals surface area (Å²) in [4.78, 5) is 18.7. The first kappa shape index (κ1) is 23.7. The molecular formula is C23H32ClFN8. The van der Waals surface area contributed by atoms with Crippen molar-refractivity contribution >= 4 is 34.5 Å². The van der Waals surface area contributed by atoms with E-state index in [9.17, 15) is 4.39 Å². The molecule has 1 aromatic carbocycles. The average molecular weight is 475 g/mol. The maximum Gasteiger partial charge on any atom is 0.241 e. The molecule has 33 heavy (non-hydrogen) atoms. The Bertz CT molecular complexity index is 1160. The maximum atomic E-state index is 13.8. The molecule has 3 aromatic rings. The summed E-state index contributed by atoms with van der Waals surface area (Å²) >= 11 is 6.13. The third-order valence-corrected chi connectivity index (χ3v) is 6.92. The van der Waals surface area contributed by atoms with E-state index in [-0.39, 0.29) is 23.1 Å². The molecule has 0 amide bonds. The summed E-state index contributed by atoms with van der Waals surface area (Å²) < 4.78 is 15.8. The zero-order chi connectivity index (χ0) is 24.0. The van der Waals surface area contributed by atoms with E-state index in [0.29, 0.717) is 11.9 Å². The molecule has 2 aromatic heterocycles. The number of anilines is 2. The van der Waals surface area contributed by atoms with E-state index in [2.05, 4.69) is 47.9 Å². The SMILES string of the molecule is Cc1nc2c(N3C[C@@H](C)N(C(c4ccc(F)c(Cl)c4)C(C)C)CC3C)nc(NN)nc2n1C. The van der Waals surface area contributed by atoms with Crippen molar-refractivity contribution in [2.24, 2.45) is 18.8 Å². The predicted molar refractivity (Wildman–Crippen MR) is 131 cm³/mol.